The summed E-state index contributed by atoms with van der Waals surface area (Å²) in [6.07, 6.45) is 11.7. The van der Waals surface area contributed by atoms with Gasteiger partial charge < -0.3 is 28.4 Å². The summed E-state index contributed by atoms with van der Waals surface area (Å²) in [6.45, 7) is 13.7. The Balaban J connectivity index is 1.48. The van der Waals surface area contributed by atoms with Crippen LogP contribution in [0.3, 0.4) is 0 Å². The zero-order valence-electron chi connectivity index (χ0n) is 29.5. The predicted octanol–water partition coefficient (Wildman–Crippen LogP) is 9.46. The summed E-state index contributed by atoms with van der Waals surface area (Å²) in [5.41, 5.74) is 5.48. The Morgan fingerprint density at radius 2 is 1.32 bits per heavy atom. The molecule has 2 aromatic rings. The lowest BCUT2D eigenvalue weighted by Crippen LogP contribution is -2.55. The fourth-order valence-corrected chi connectivity index (χ4v) is 8.23. The number of ether oxygens (including phenoxy) is 6. The van der Waals surface area contributed by atoms with Crippen molar-refractivity contribution in [2.75, 3.05) is 46.2 Å². The van der Waals surface area contributed by atoms with E-state index in [0.717, 1.165) is 95.7 Å². The van der Waals surface area contributed by atoms with E-state index in [1.165, 1.54) is 35.1 Å². The summed E-state index contributed by atoms with van der Waals surface area (Å²) in [6, 6.07) is 13.7. The van der Waals surface area contributed by atoms with Crippen molar-refractivity contribution in [3.8, 4) is 11.5 Å². The molecule has 2 aliphatic heterocycles. The monoisotopic (exact) mass is 668 g/mol. The Kier molecular flexibility index (Phi) is 15.1. The molecule has 0 N–H and O–H groups in total. The van der Waals surface area contributed by atoms with E-state index in [4.69, 9.17) is 28.4 Å². The Hall–Kier alpha value is -1.77. The highest BCUT2D eigenvalue weighted by atomic mass is 32.2. The Bertz CT molecular complexity index is 1200. The van der Waals surface area contributed by atoms with Gasteiger partial charge in [-0.05, 0) is 85.3 Å². The molecule has 0 bridgehead atoms. The predicted molar refractivity (Wildman–Crippen MR) is 192 cm³/mol. The molecule has 0 spiro atoms. The molecule has 5 rings (SSSR count). The first-order valence-electron chi connectivity index (χ1n) is 18.8. The smallest absolute Gasteiger partial charge is 0.161 e. The number of hydrogen-bond acceptors (Lipinski definition) is 7. The summed E-state index contributed by atoms with van der Waals surface area (Å²) < 4.78 is 38.5. The number of benzene rings is 2. The van der Waals surface area contributed by atoms with Crippen LogP contribution in [0.4, 0.5) is 0 Å². The van der Waals surface area contributed by atoms with E-state index in [0.29, 0.717) is 25.7 Å². The van der Waals surface area contributed by atoms with Crippen LogP contribution in [0.15, 0.2) is 36.4 Å². The van der Waals surface area contributed by atoms with Gasteiger partial charge in [0.2, 0.25) is 0 Å². The lowest BCUT2D eigenvalue weighted by molar-refractivity contribution is -0.149. The normalized spacial score (nSPS) is 24.0. The van der Waals surface area contributed by atoms with Crippen molar-refractivity contribution in [2.24, 2.45) is 0 Å². The molecule has 0 unspecified atom stereocenters. The van der Waals surface area contributed by atoms with Crippen molar-refractivity contribution >= 4 is 11.8 Å². The SMILES string of the molecule is CCCCOC[C@H]1S[C@@H](c2ccc(C3CC3)c(Cc3ccc4c(c3)OCCO4)c2)[C@H](OCCCC)[C@@H](OCCCC)[C@@H]1OCCCC. The van der Waals surface area contributed by atoms with Gasteiger partial charge >= 0.3 is 0 Å². The van der Waals surface area contributed by atoms with Gasteiger partial charge in [-0.3, -0.25) is 0 Å². The van der Waals surface area contributed by atoms with Crippen molar-refractivity contribution in [3.63, 3.8) is 0 Å². The summed E-state index contributed by atoms with van der Waals surface area (Å²) in [5, 5.41) is 0.285. The van der Waals surface area contributed by atoms with Crippen molar-refractivity contribution in [1.29, 1.82) is 0 Å². The minimum atomic E-state index is -0.148. The first-order chi connectivity index (χ1) is 23.2. The highest BCUT2D eigenvalue weighted by Gasteiger charge is 2.48. The quantitative estimate of drug-likeness (QED) is 0.123. The average molecular weight is 669 g/mol. The first kappa shape index (κ1) is 36.5. The molecule has 1 saturated carbocycles. The third-order valence-corrected chi connectivity index (χ3v) is 11.1. The van der Waals surface area contributed by atoms with Crippen molar-refractivity contribution < 1.29 is 28.4 Å². The van der Waals surface area contributed by atoms with Gasteiger partial charge in [0.15, 0.2) is 11.5 Å². The summed E-state index contributed by atoms with van der Waals surface area (Å²) in [7, 11) is 0. The van der Waals surface area contributed by atoms with Crippen LogP contribution in [0.1, 0.15) is 125 Å². The minimum absolute atomic E-state index is 0.0733. The summed E-state index contributed by atoms with van der Waals surface area (Å²) in [5.74, 6) is 2.36. The van der Waals surface area contributed by atoms with Crippen LogP contribution in [0.25, 0.3) is 0 Å². The number of rotatable bonds is 21. The van der Waals surface area contributed by atoms with Crippen molar-refractivity contribution in [1.82, 2.24) is 0 Å². The van der Waals surface area contributed by atoms with E-state index >= 15 is 0 Å². The highest BCUT2D eigenvalue weighted by molar-refractivity contribution is 8.00. The molecule has 47 heavy (non-hydrogen) atoms. The maximum atomic E-state index is 6.87. The molecule has 2 aromatic carbocycles. The molecule has 262 valence electrons. The number of unbranched alkanes of at least 4 members (excludes halogenated alkanes) is 4. The lowest BCUT2D eigenvalue weighted by atomic mass is 9.90. The van der Waals surface area contributed by atoms with Crippen LogP contribution in [-0.2, 0) is 25.4 Å². The van der Waals surface area contributed by atoms with E-state index in [2.05, 4.69) is 64.1 Å². The minimum Gasteiger partial charge on any atom is -0.486 e. The standard InChI is InChI=1S/C40H60O6S/c1-5-9-19-41-28-36-37(44-20-10-6-2)38(45-21-11-7-3)39(46-22-12-8-4)40(47-36)31-16-17-33(30-14-15-30)32(27-31)25-29-13-18-34-35(26-29)43-24-23-42-34/h13,16-18,26-27,30,36-40H,5-12,14-15,19-25,28H2,1-4H3/t36-,37-,38+,39-,40+/m1/s1. The Morgan fingerprint density at radius 1 is 0.681 bits per heavy atom. The van der Waals surface area contributed by atoms with Gasteiger partial charge in [0, 0.05) is 26.4 Å². The van der Waals surface area contributed by atoms with Crippen molar-refractivity contribution in [2.45, 2.75) is 133 Å². The molecular formula is C40H60O6S. The van der Waals surface area contributed by atoms with Gasteiger partial charge in [0.05, 0.1) is 17.1 Å². The molecule has 0 aromatic heterocycles. The van der Waals surface area contributed by atoms with Crippen LogP contribution in [0.2, 0.25) is 0 Å². The molecule has 1 saturated heterocycles. The van der Waals surface area contributed by atoms with Gasteiger partial charge in [-0.2, -0.15) is 0 Å². The number of fused-ring (bicyclic) bond motifs is 1. The largest absolute Gasteiger partial charge is 0.486 e. The van der Waals surface area contributed by atoms with Crippen LogP contribution in [-0.4, -0.2) is 69.8 Å². The lowest BCUT2D eigenvalue weighted by Gasteiger charge is -2.46. The van der Waals surface area contributed by atoms with E-state index in [9.17, 15) is 0 Å². The van der Waals surface area contributed by atoms with Gasteiger partial charge in [0.1, 0.15) is 31.5 Å². The number of thioether (sulfide) groups is 1. The van der Waals surface area contributed by atoms with Crippen LogP contribution in [0.5, 0.6) is 11.5 Å². The van der Waals surface area contributed by atoms with Crippen molar-refractivity contribution in [3.05, 3.63) is 58.7 Å². The topological polar surface area (TPSA) is 55.4 Å². The van der Waals surface area contributed by atoms with Gasteiger partial charge in [-0.1, -0.05) is 77.6 Å². The van der Waals surface area contributed by atoms with Crippen LogP contribution in [0, 0.1) is 0 Å². The van der Waals surface area contributed by atoms with Crippen LogP contribution >= 0.6 is 11.8 Å². The van der Waals surface area contributed by atoms with Gasteiger partial charge in [-0.25, -0.2) is 0 Å². The third-order valence-electron chi connectivity index (χ3n) is 9.50. The van der Waals surface area contributed by atoms with Gasteiger partial charge in [0.25, 0.3) is 0 Å². The molecule has 0 radical (unpaired) electrons. The second-order valence-electron chi connectivity index (χ2n) is 13.5. The molecule has 7 heteroatoms. The molecule has 3 aliphatic rings. The molecule has 2 fully saturated rings. The van der Waals surface area contributed by atoms with Gasteiger partial charge in [-0.15, -0.1) is 11.8 Å². The molecule has 2 heterocycles. The average Bonchev–Trinajstić information content (AvgIpc) is 3.94. The van der Waals surface area contributed by atoms with Crippen LogP contribution < -0.4 is 9.47 Å². The Morgan fingerprint density at radius 3 is 2.00 bits per heavy atom. The molecule has 6 nitrogen and oxygen atoms in total. The highest BCUT2D eigenvalue weighted by Crippen LogP contribution is 2.49. The number of hydrogen-bond donors (Lipinski definition) is 0. The Labute approximate surface area is 288 Å². The molecule has 5 atom stereocenters. The maximum Gasteiger partial charge on any atom is 0.161 e. The molecule has 1 aliphatic carbocycles. The van der Waals surface area contributed by atoms with E-state index in [1.54, 1.807) is 0 Å². The van der Waals surface area contributed by atoms with E-state index in [1.807, 2.05) is 11.8 Å². The maximum absolute atomic E-state index is 6.87. The fraction of sp³-hybridized carbons (Fsp3) is 0.700. The summed E-state index contributed by atoms with van der Waals surface area (Å²) in [4.78, 5) is 0. The third kappa shape index (κ3) is 10.4. The van der Waals surface area contributed by atoms with E-state index in [-0.39, 0.29) is 28.8 Å². The second kappa shape index (κ2) is 19.4. The van der Waals surface area contributed by atoms with E-state index < -0.39 is 0 Å². The summed E-state index contributed by atoms with van der Waals surface area (Å²) >= 11 is 1.99. The fourth-order valence-electron chi connectivity index (χ4n) is 6.59. The zero-order chi connectivity index (χ0) is 32.8. The molecular weight excluding hydrogens is 609 g/mol. The second-order valence-corrected chi connectivity index (χ2v) is 14.9. The molecule has 0 amide bonds. The zero-order valence-corrected chi connectivity index (χ0v) is 30.3. The first-order valence-corrected chi connectivity index (χ1v) is 19.7.